The highest BCUT2D eigenvalue weighted by Gasteiger charge is 2.36. The number of likely N-dealkylation sites (N-methyl/N-ethyl adjacent to an activating group) is 2. The number of esters is 1. The maximum Gasteiger partial charge on any atom is 0.329 e. The number of benzene rings is 1. The average Bonchev–Trinajstić information content (AvgIpc) is 2.96. The third kappa shape index (κ3) is 10.1. The van der Waals surface area contributed by atoms with Crippen LogP contribution in [0.2, 0.25) is 0 Å². The van der Waals surface area contributed by atoms with E-state index in [1.807, 2.05) is 51.1 Å². The standard InChI is InChI=1S/C31H47N5O7/c1-9-19(4)26-28(39)33-21(6)31(42)43-24(15-18(2)3)27(38)32-20(5)29(40)36(8)23(16-22-13-11-10-12-14-22)30(41)35(7)17-25(37)34-26/h10-14,18-21,23-24,26H,9,15-17H2,1-8H3,(H,32,38)(H,33,39)(H,34,37)/t19-,20-,21+,23+,24+,26-/m0/s1. The first kappa shape index (κ1) is 35.2. The van der Waals surface area contributed by atoms with E-state index in [1.165, 1.54) is 37.7 Å². The summed E-state index contributed by atoms with van der Waals surface area (Å²) < 4.78 is 5.53. The number of carbonyl (C=O) groups excluding carboxylic acids is 6. The molecular formula is C31H47N5O7. The summed E-state index contributed by atoms with van der Waals surface area (Å²) in [6.45, 7) is 9.91. The van der Waals surface area contributed by atoms with Crippen molar-refractivity contribution in [1.82, 2.24) is 25.8 Å². The van der Waals surface area contributed by atoms with Crippen molar-refractivity contribution >= 4 is 35.5 Å². The largest absolute Gasteiger partial charge is 0.451 e. The van der Waals surface area contributed by atoms with Gasteiger partial charge in [0.05, 0.1) is 6.54 Å². The molecular weight excluding hydrogens is 554 g/mol. The number of rotatable bonds is 6. The van der Waals surface area contributed by atoms with E-state index in [4.69, 9.17) is 4.74 Å². The minimum atomic E-state index is -1.22. The molecule has 238 valence electrons. The summed E-state index contributed by atoms with van der Waals surface area (Å²) in [6, 6.07) is 4.97. The highest BCUT2D eigenvalue weighted by Crippen LogP contribution is 2.15. The van der Waals surface area contributed by atoms with Gasteiger partial charge in [0, 0.05) is 20.5 Å². The quantitative estimate of drug-likeness (QED) is 0.412. The van der Waals surface area contributed by atoms with Crippen LogP contribution in [0.1, 0.15) is 59.9 Å². The molecule has 2 rings (SSSR count). The van der Waals surface area contributed by atoms with Crippen molar-refractivity contribution in [3.05, 3.63) is 35.9 Å². The SMILES string of the molecule is CC[C@H](C)[C@@H]1NC(=O)CN(C)C(=O)[C@@H](Cc2ccccc2)N(C)C(=O)[C@H](C)NC(=O)[C@@H](CC(C)C)OC(=O)[C@@H](C)NC1=O. The van der Waals surface area contributed by atoms with Gasteiger partial charge in [0.15, 0.2) is 6.10 Å². The van der Waals surface area contributed by atoms with Gasteiger partial charge in [-0.3, -0.25) is 24.0 Å². The van der Waals surface area contributed by atoms with Crippen LogP contribution in [0.15, 0.2) is 30.3 Å². The molecule has 0 unspecified atom stereocenters. The van der Waals surface area contributed by atoms with Crippen LogP contribution in [0.5, 0.6) is 0 Å². The van der Waals surface area contributed by atoms with E-state index in [0.29, 0.717) is 6.42 Å². The molecule has 1 heterocycles. The number of hydrogen-bond donors (Lipinski definition) is 3. The lowest BCUT2D eigenvalue weighted by Crippen LogP contribution is -2.58. The van der Waals surface area contributed by atoms with Gasteiger partial charge in [-0.15, -0.1) is 0 Å². The minimum Gasteiger partial charge on any atom is -0.451 e. The number of amides is 5. The van der Waals surface area contributed by atoms with Crippen molar-refractivity contribution in [2.24, 2.45) is 11.8 Å². The highest BCUT2D eigenvalue weighted by molar-refractivity contribution is 5.96. The minimum absolute atomic E-state index is 0.0339. The van der Waals surface area contributed by atoms with Crippen molar-refractivity contribution in [1.29, 1.82) is 0 Å². The summed E-state index contributed by atoms with van der Waals surface area (Å²) in [4.78, 5) is 82.3. The molecule has 0 radical (unpaired) electrons. The van der Waals surface area contributed by atoms with Crippen LogP contribution in [0, 0.1) is 11.8 Å². The number of hydrogen-bond acceptors (Lipinski definition) is 7. The summed E-state index contributed by atoms with van der Waals surface area (Å²) in [6.07, 6.45) is -0.324. The van der Waals surface area contributed by atoms with Crippen molar-refractivity contribution in [3.8, 4) is 0 Å². The maximum absolute atomic E-state index is 13.7. The monoisotopic (exact) mass is 601 g/mol. The first-order valence-electron chi connectivity index (χ1n) is 14.8. The zero-order valence-electron chi connectivity index (χ0n) is 26.5. The van der Waals surface area contributed by atoms with Crippen molar-refractivity contribution < 1.29 is 33.5 Å². The Morgan fingerprint density at radius 3 is 2.05 bits per heavy atom. The van der Waals surface area contributed by atoms with Gasteiger partial charge in [0.2, 0.25) is 23.6 Å². The summed E-state index contributed by atoms with van der Waals surface area (Å²) >= 11 is 0. The van der Waals surface area contributed by atoms with E-state index in [0.717, 1.165) is 5.56 Å². The van der Waals surface area contributed by atoms with Crippen molar-refractivity contribution in [2.45, 2.75) is 91.1 Å². The smallest absolute Gasteiger partial charge is 0.329 e. The van der Waals surface area contributed by atoms with Gasteiger partial charge < -0.3 is 30.5 Å². The Labute approximate surface area is 254 Å². The van der Waals surface area contributed by atoms with Crippen molar-refractivity contribution in [3.63, 3.8) is 0 Å². The van der Waals surface area contributed by atoms with Crippen LogP contribution in [0.25, 0.3) is 0 Å². The van der Waals surface area contributed by atoms with Gasteiger partial charge in [0.25, 0.3) is 5.91 Å². The van der Waals surface area contributed by atoms with Crippen LogP contribution in [-0.2, 0) is 39.9 Å². The third-order valence-electron chi connectivity index (χ3n) is 7.62. The van der Waals surface area contributed by atoms with Crippen LogP contribution in [0.4, 0.5) is 0 Å². The number of nitrogens with zero attached hydrogens (tertiary/aromatic N) is 2. The Bertz CT molecular complexity index is 1160. The molecule has 5 amide bonds. The predicted octanol–water partition coefficient (Wildman–Crippen LogP) is 1.03. The molecule has 1 aliphatic rings. The van der Waals surface area contributed by atoms with Crippen LogP contribution >= 0.6 is 0 Å². The third-order valence-corrected chi connectivity index (χ3v) is 7.62. The fraction of sp³-hybridized carbons (Fsp3) is 0.613. The first-order valence-corrected chi connectivity index (χ1v) is 14.8. The van der Waals surface area contributed by atoms with E-state index >= 15 is 0 Å². The van der Waals surface area contributed by atoms with E-state index in [2.05, 4.69) is 16.0 Å². The Morgan fingerprint density at radius 1 is 0.860 bits per heavy atom. The Hall–Kier alpha value is -3.96. The van der Waals surface area contributed by atoms with E-state index in [9.17, 15) is 28.8 Å². The molecule has 6 atom stereocenters. The average molecular weight is 602 g/mol. The van der Waals surface area contributed by atoms with Gasteiger partial charge in [-0.1, -0.05) is 64.4 Å². The second-order valence-corrected chi connectivity index (χ2v) is 11.8. The summed E-state index contributed by atoms with van der Waals surface area (Å²) in [5, 5.41) is 7.91. The molecule has 12 heteroatoms. The molecule has 1 fully saturated rings. The molecule has 3 N–H and O–H groups in total. The van der Waals surface area contributed by atoms with Crippen LogP contribution in [-0.4, -0.2) is 96.2 Å². The van der Waals surface area contributed by atoms with E-state index < -0.39 is 65.8 Å². The summed E-state index contributed by atoms with van der Waals surface area (Å²) in [7, 11) is 2.92. The topological polar surface area (TPSA) is 154 Å². The lowest BCUT2D eigenvalue weighted by molar-refractivity contribution is -0.160. The molecule has 1 saturated heterocycles. The van der Waals surface area contributed by atoms with Gasteiger partial charge >= 0.3 is 5.97 Å². The molecule has 43 heavy (non-hydrogen) atoms. The lowest BCUT2D eigenvalue weighted by Gasteiger charge is -2.33. The van der Waals surface area contributed by atoms with Gasteiger partial charge in [-0.05, 0) is 37.7 Å². The fourth-order valence-electron chi connectivity index (χ4n) is 4.76. The maximum atomic E-state index is 13.7. The van der Waals surface area contributed by atoms with Crippen molar-refractivity contribution in [2.75, 3.05) is 20.6 Å². The second-order valence-electron chi connectivity index (χ2n) is 11.8. The van der Waals surface area contributed by atoms with E-state index in [-0.39, 0.29) is 31.2 Å². The number of nitrogens with one attached hydrogen (secondary N) is 3. The molecule has 1 aromatic rings. The fourth-order valence-corrected chi connectivity index (χ4v) is 4.76. The molecule has 0 aliphatic carbocycles. The van der Waals surface area contributed by atoms with Crippen LogP contribution in [0.3, 0.4) is 0 Å². The number of cyclic esters (lactones) is 1. The number of ether oxygens (including phenoxy) is 1. The molecule has 0 spiro atoms. The molecule has 0 aromatic heterocycles. The highest BCUT2D eigenvalue weighted by atomic mass is 16.5. The Balaban J connectivity index is 2.51. The summed E-state index contributed by atoms with van der Waals surface area (Å²) in [5.41, 5.74) is 0.795. The summed E-state index contributed by atoms with van der Waals surface area (Å²) in [5.74, 6) is -4.00. The predicted molar refractivity (Wildman–Crippen MR) is 160 cm³/mol. The first-order chi connectivity index (χ1) is 20.2. The molecule has 1 aromatic carbocycles. The zero-order valence-corrected chi connectivity index (χ0v) is 26.5. The zero-order chi connectivity index (χ0) is 32.4. The second kappa shape index (κ2) is 16.0. The number of carbonyl (C=O) groups is 6. The molecule has 0 saturated carbocycles. The van der Waals surface area contributed by atoms with E-state index in [1.54, 1.807) is 6.92 Å². The molecule has 12 nitrogen and oxygen atoms in total. The van der Waals surface area contributed by atoms with Gasteiger partial charge in [-0.25, -0.2) is 4.79 Å². The Morgan fingerprint density at radius 2 is 1.47 bits per heavy atom. The van der Waals surface area contributed by atoms with Gasteiger partial charge in [0.1, 0.15) is 24.2 Å². The lowest BCUT2D eigenvalue weighted by atomic mass is 9.98. The van der Waals surface area contributed by atoms with Gasteiger partial charge in [-0.2, -0.15) is 0 Å². The normalized spacial score (nSPS) is 26.2. The van der Waals surface area contributed by atoms with Crippen LogP contribution < -0.4 is 16.0 Å². The molecule has 1 aliphatic heterocycles. The Kier molecular flexibility index (Phi) is 13.1. The molecule has 0 bridgehead atoms.